The van der Waals surface area contributed by atoms with Gasteiger partial charge in [0.05, 0.1) is 6.61 Å². The first-order chi connectivity index (χ1) is 36.6. The van der Waals surface area contributed by atoms with Crippen molar-refractivity contribution in [3.63, 3.8) is 0 Å². The van der Waals surface area contributed by atoms with Gasteiger partial charge in [0.15, 0.2) is 6.10 Å². The molecule has 0 aromatic heterocycles. The van der Waals surface area contributed by atoms with E-state index in [0.29, 0.717) is 12.8 Å². The van der Waals surface area contributed by atoms with Gasteiger partial charge in [-0.05, 0) is 116 Å². The Balaban J connectivity index is 3.57. The van der Waals surface area contributed by atoms with Gasteiger partial charge in [0.1, 0.15) is 6.61 Å². The molecule has 0 aromatic carbocycles. The zero-order valence-electron chi connectivity index (χ0n) is 48.1. The molecule has 0 aliphatic carbocycles. The Morgan fingerprint density at radius 3 is 0.892 bits per heavy atom. The molecule has 1 N–H and O–H groups in total. The molecule has 0 saturated heterocycles. The number of rotatable bonds is 55. The molecular formula is C69H114O5. The van der Waals surface area contributed by atoms with E-state index in [4.69, 9.17) is 9.47 Å². The van der Waals surface area contributed by atoms with E-state index in [1.807, 2.05) is 0 Å². The highest BCUT2D eigenvalue weighted by Gasteiger charge is 2.16. The molecule has 0 aliphatic heterocycles. The Morgan fingerprint density at radius 1 is 0.324 bits per heavy atom. The van der Waals surface area contributed by atoms with E-state index in [0.717, 1.165) is 103 Å². The van der Waals surface area contributed by atoms with Crippen LogP contribution < -0.4 is 0 Å². The van der Waals surface area contributed by atoms with Gasteiger partial charge in [0, 0.05) is 12.8 Å². The number of ether oxygens (including phenoxy) is 2. The van der Waals surface area contributed by atoms with Crippen molar-refractivity contribution in [1.82, 2.24) is 0 Å². The van der Waals surface area contributed by atoms with E-state index in [1.165, 1.54) is 141 Å². The van der Waals surface area contributed by atoms with Crippen molar-refractivity contribution in [2.24, 2.45) is 0 Å². The highest BCUT2D eigenvalue weighted by Crippen LogP contribution is 2.15. The average Bonchev–Trinajstić information content (AvgIpc) is 3.40. The van der Waals surface area contributed by atoms with Crippen LogP contribution in [0.15, 0.2) is 134 Å². The number of esters is 2. The Labute approximate surface area is 457 Å². The lowest BCUT2D eigenvalue weighted by Crippen LogP contribution is -2.28. The van der Waals surface area contributed by atoms with E-state index in [1.54, 1.807) is 0 Å². The lowest BCUT2D eigenvalue weighted by Gasteiger charge is -2.15. The molecule has 0 saturated carbocycles. The number of allylic oxidation sites excluding steroid dienone is 22. The van der Waals surface area contributed by atoms with Crippen LogP contribution in [0, 0.1) is 0 Å². The van der Waals surface area contributed by atoms with Crippen LogP contribution >= 0.6 is 0 Å². The third-order valence-corrected chi connectivity index (χ3v) is 12.9. The summed E-state index contributed by atoms with van der Waals surface area (Å²) >= 11 is 0. The normalized spacial score (nSPS) is 13.2. The van der Waals surface area contributed by atoms with Crippen molar-refractivity contribution in [1.29, 1.82) is 0 Å². The van der Waals surface area contributed by atoms with Crippen LogP contribution in [-0.2, 0) is 19.1 Å². The van der Waals surface area contributed by atoms with E-state index in [2.05, 4.69) is 148 Å². The number of unbranched alkanes of at least 4 members (excludes halogenated alkanes) is 25. The predicted molar refractivity (Wildman–Crippen MR) is 324 cm³/mol. The maximum absolute atomic E-state index is 12.3. The Kier molecular flexibility index (Phi) is 59.9. The van der Waals surface area contributed by atoms with Crippen LogP contribution in [0.5, 0.6) is 0 Å². The third-order valence-electron chi connectivity index (χ3n) is 12.9. The summed E-state index contributed by atoms with van der Waals surface area (Å²) in [7, 11) is 0. The van der Waals surface area contributed by atoms with Gasteiger partial charge in [0.2, 0.25) is 0 Å². The summed E-state index contributed by atoms with van der Waals surface area (Å²) in [4.78, 5) is 24.5. The molecule has 420 valence electrons. The summed E-state index contributed by atoms with van der Waals surface area (Å²) in [5.74, 6) is -0.599. The maximum Gasteiger partial charge on any atom is 0.306 e. The van der Waals surface area contributed by atoms with E-state index >= 15 is 0 Å². The van der Waals surface area contributed by atoms with Gasteiger partial charge < -0.3 is 14.6 Å². The molecular weight excluding hydrogens is 909 g/mol. The molecule has 0 bridgehead atoms. The average molecular weight is 1020 g/mol. The smallest absolute Gasteiger partial charge is 0.306 e. The lowest BCUT2D eigenvalue weighted by molar-refractivity contribution is -0.161. The minimum Gasteiger partial charge on any atom is -0.462 e. The molecule has 0 radical (unpaired) electrons. The fourth-order valence-electron chi connectivity index (χ4n) is 8.34. The largest absolute Gasteiger partial charge is 0.462 e. The van der Waals surface area contributed by atoms with E-state index < -0.39 is 6.10 Å². The predicted octanol–water partition coefficient (Wildman–Crippen LogP) is 21.2. The van der Waals surface area contributed by atoms with Crippen molar-refractivity contribution in [2.75, 3.05) is 13.2 Å². The first-order valence-electron chi connectivity index (χ1n) is 30.7. The summed E-state index contributed by atoms with van der Waals surface area (Å²) in [6, 6.07) is 0. The van der Waals surface area contributed by atoms with Gasteiger partial charge in [0.25, 0.3) is 0 Å². The second kappa shape index (κ2) is 63.3. The zero-order valence-corrected chi connectivity index (χ0v) is 48.1. The van der Waals surface area contributed by atoms with Crippen LogP contribution in [0.2, 0.25) is 0 Å². The summed E-state index contributed by atoms with van der Waals surface area (Å²) in [5, 5.41) is 9.66. The topological polar surface area (TPSA) is 72.8 Å². The lowest BCUT2D eigenvalue weighted by atomic mass is 10.0. The summed E-state index contributed by atoms with van der Waals surface area (Å²) in [6.45, 7) is 4.03. The van der Waals surface area contributed by atoms with Gasteiger partial charge in [-0.3, -0.25) is 9.59 Å². The molecule has 5 nitrogen and oxygen atoms in total. The van der Waals surface area contributed by atoms with Crippen molar-refractivity contribution in [3.8, 4) is 0 Å². The molecule has 0 fully saturated rings. The zero-order chi connectivity index (χ0) is 53.4. The van der Waals surface area contributed by atoms with Crippen LogP contribution in [0.25, 0.3) is 0 Å². The number of hydrogen-bond donors (Lipinski definition) is 1. The number of hydrogen-bond acceptors (Lipinski definition) is 5. The van der Waals surface area contributed by atoms with Crippen LogP contribution in [0.4, 0.5) is 0 Å². The molecule has 0 heterocycles. The van der Waals surface area contributed by atoms with Gasteiger partial charge in [-0.2, -0.15) is 0 Å². The van der Waals surface area contributed by atoms with Gasteiger partial charge in [-0.25, -0.2) is 0 Å². The molecule has 0 spiro atoms. The number of carbonyl (C=O) groups excluding carboxylic acids is 2. The van der Waals surface area contributed by atoms with E-state index in [-0.39, 0.29) is 25.2 Å². The third kappa shape index (κ3) is 60.6. The van der Waals surface area contributed by atoms with E-state index in [9.17, 15) is 14.7 Å². The number of aliphatic hydroxyl groups excluding tert-OH is 1. The summed E-state index contributed by atoms with van der Waals surface area (Å²) in [5.41, 5.74) is 0. The molecule has 0 aliphatic rings. The van der Waals surface area contributed by atoms with Crippen LogP contribution in [0.1, 0.15) is 271 Å². The fraction of sp³-hybridized carbons (Fsp3) is 0.652. The van der Waals surface area contributed by atoms with Crippen LogP contribution in [0.3, 0.4) is 0 Å². The minimum absolute atomic E-state index is 0.0733. The second-order valence-corrected chi connectivity index (χ2v) is 20.0. The Hall–Kier alpha value is -3.96. The monoisotopic (exact) mass is 1020 g/mol. The summed E-state index contributed by atoms with van der Waals surface area (Å²) < 4.78 is 10.7. The Morgan fingerprint density at radius 2 is 0.581 bits per heavy atom. The maximum atomic E-state index is 12.3. The highest BCUT2D eigenvalue weighted by atomic mass is 16.6. The fourth-order valence-corrected chi connectivity index (χ4v) is 8.34. The molecule has 0 amide bonds. The first-order valence-corrected chi connectivity index (χ1v) is 30.7. The van der Waals surface area contributed by atoms with Crippen molar-refractivity contribution in [3.05, 3.63) is 134 Å². The quantitative estimate of drug-likeness (QED) is 0.0373. The molecule has 1 unspecified atom stereocenters. The molecule has 0 aromatic rings. The number of carbonyl (C=O) groups is 2. The molecule has 74 heavy (non-hydrogen) atoms. The van der Waals surface area contributed by atoms with Crippen molar-refractivity contribution < 1.29 is 24.2 Å². The van der Waals surface area contributed by atoms with Gasteiger partial charge >= 0.3 is 11.9 Å². The first kappa shape index (κ1) is 70.0. The molecule has 0 rings (SSSR count). The SMILES string of the molecule is CC/C=C\C/C=C\C/C=C\C/C=C\C/C=C\C/C=C\C/C=C\C/C=C\C/C=C\C/C=C\CCCCCCCCCCCCC(=O)OC(CO)COC(=O)CCCCCCCCCCC/C=C\CCCCCCCC. The molecule has 5 heteroatoms. The summed E-state index contributed by atoms with van der Waals surface area (Å²) in [6.07, 6.45) is 94.3. The molecule has 1 atom stereocenters. The van der Waals surface area contributed by atoms with Crippen molar-refractivity contribution in [2.45, 2.75) is 277 Å². The highest BCUT2D eigenvalue weighted by molar-refractivity contribution is 5.70. The van der Waals surface area contributed by atoms with Gasteiger partial charge in [-0.1, -0.05) is 276 Å². The minimum atomic E-state index is -0.783. The number of aliphatic hydroxyl groups is 1. The Bertz CT molecular complexity index is 1530. The van der Waals surface area contributed by atoms with Gasteiger partial charge in [-0.15, -0.1) is 0 Å². The van der Waals surface area contributed by atoms with Crippen molar-refractivity contribution >= 4 is 11.9 Å². The standard InChI is InChI=1S/C69H114O5/c1-3-5-7-9-11-13-15-17-19-21-23-24-25-26-27-28-29-30-31-32-33-34-35-36-37-38-39-40-41-42-43-44-46-48-50-52-54-56-58-60-62-64-69(72)74-67(65-70)66-73-68(71)63-61-59-57-55-53-51-49-47-45-22-20-18-16-14-12-10-8-6-4-2/h5,7,11,13,17-20,23-24,26-27,29-30,32-33,35-36,38-39,41-42,67,70H,3-4,6,8-10,12,14-16,21-22,25,28,31,34,37,40,43-66H2,1-2H3/b7-5-,13-11-,19-17-,20-18-,24-23-,27-26-,30-29-,33-32-,36-35-,39-38-,42-41-. The van der Waals surface area contributed by atoms with Crippen LogP contribution in [-0.4, -0.2) is 36.4 Å². The second-order valence-electron chi connectivity index (χ2n) is 20.0.